The molecule has 0 fully saturated rings. The molecule has 5 heterocycles. The highest BCUT2D eigenvalue weighted by atomic mass is 35.5. The molecule has 0 spiro atoms. The number of allylic oxidation sites excluding steroid dienone is 1. The van der Waals surface area contributed by atoms with E-state index in [4.69, 9.17) is 27.6 Å². The molecular weight excluding hydrogens is 603 g/mol. The molecule has 0 saturated heterocycles. The first-order valence-electron chi connectivity index (χ1n) is 13.1. The van der Waals surface area contributed by atoms with Crippen LogP contribution in [0.15, 0.2) is 76.3 Å². The summed E-state index contributed by atoms with van der Waals surface area (Å²) in [6.07, 6.45) is 6.77. The normalized spacial score (nSPS) is 16.6. The van der Waals surface area contributed by atoms with Crippen molar-refractivity contribution in [2.45, 2.75) is 26.3 Å². The van der Waals surface area contributed by atoms with Crippen LogP contribution in [0.4, 0.5) is 14.5 Å². The Morgan fingerprint density at radius 2 is 1.93 bits per heavy atom. The standard InChI is InChI=1S/C29H21Cl2F2N7O3/c1-15-3-2-4-18(21-11-16(9-10-34-21)26-22(36-27(15)41)13-35-40(26)29(32)33)19-6-8-24(43-28(19)42)20-12-17(30)5-7-23(20)39-14-25(31)37-38-39/h4-15,29H,2-3H2,1H3,(H,36,41)/b18-4-. The Morgan fingerprint density at radius 1 is 1.09 bits per heavy atom. The topological polar surface area (TPSA) is 121 Å². The molecule has 0 aliphatic carbocycles. The fraction of sp³-hybridized carbons (Fsp3) is 0.172. The molecule has 10 nitrogen and oxygen atoms in total. The van der Waals surface area contributed by atoms with Crippen molar-refractivity contribution in [1.29, 1.82) is 0 Å². The maximum absolute atomic E-state index is 13.9. The zero-order valence-corrected chi connectivity index (χ0v) is 23.9. The number of hydrogen-bond donors (Lipinski definition) is 1. The van der Waals surface area contributed by atoms with Gasteiger partial charge in [0.15, 0.2) is 5.15 Å². The van der Waals surface area contributed by atoms with Gasteiger partial charge in [0.05, 0.1) is 40.7 Å². The average Bonchev–Trinajstić information content (AvgIpc) is 3.61. The Morgan fingerprint density at radius 3 is 2.67 bits per heavy atom. The maximum atomic E-state index is 13.9. The van der Waals surface area contributed by atoms with Crippen molar-refractivity contribution in [2.24, 2.45) is 5.92 Å². The number of amides is 1. The third kappa shape index (κ3) is 5.58. The van der Waals surface area contributed by atoms with Crippen LogP contribution in [-0.2, 0) is 4.79 Å². The van der Waals surface area contributed by atoms with Gasteiger partial charge < -0.3 is 9.73 Å². The molecule has 1 aliphatic rings. The summed E-state index contributed by atoms with van der Waals surface area (Å²) in [5.41, 5.74) is 1.79. The molecule has 1 aliphatic heterocycles. The maximum Gasteiger partial charge on any atom is 0.344 e. The number of carbonyl (C=O) groups is 1. The van der Waals surface area contributed by atoms with Crippen molar-refractivity contribution >= 4 is 40.4 Å². The first kappa shape index (κ1) is 28.4. The molecule has 5 aromatic rings. The second-order valence-corrected chi connectivity index (χ2v) is 10.6. The van der Waals surface area contributed by atoms with Crippen LogP contribution in [0.5, 0.6) is 0 Å². The third-order valence-electron chi connectivity index (χ3n) is 6.99. The lowest BCUT2D eigenvalue weighted by Crippen LogP contribution is -2.21. The summed E-state index contributed by atoms with van der Waals surface area (Å²) >= 11 is 12.2. The van der Waals surface area contributed by atoms with Gasteiger partial charge in [0.1, 0.15) is 5.76 Å². The van der Waals surface area contributed by atoms with Gasteiger partial charge in [-0.2, -0.15) is 13.9 Å². The minimum atomic E-state index is -2.96. The van der Waals surface area contributed by atoms with Crippen LogP contribution in [0.2, 0.25) is 10.2 Å². The molecule has 1 amide bonds. The molecule has 43 heavy (non-hydrogen) atoms. The van der Waals surface area contributed by atoms with Crippen molar-refractivity contribution in [2.75, 3.05) is 5.32 Å². The minimum Gasteiger partial charge on any atom is -0.422 e. The Labute approximate surface area is 252 Å². The summed E-state index contributed by atoms with van der Waals surface area (Å²) in [6, 6.07) is 11.3. The van der Waals surface area contributed by atoms with E-state index in [0.29, 0.717) is 50.6 Å². The lowest BCUT2D eigenvalue weighted by atomic mass is 9.96. The second-order valence-electron chi connectivity index (χ2n) is 9.79. The zero-order valence-electron chi connectivity index (χ0n) is 22.3. The predicted molar refractivity (Wildman–Crippen MR) is 156 cm³/mol. The summed E-state index contributed by atoms with van der Waals surface area (Å²) in [7, 11) is 0. The molecule has 6 rings (SSSR count). The number of halogens is 4. The summed E-state index contributed by atoms with van der Waals surface area (Å²) < 4.78 is 35.6. The molecule has 0 saturated carbocycles. The summed E-state index contributed by atoms with van der Waals surface area (Å²) in [4.78, 5) is 30.9. The quantitative estimate of drug-likeness (QED) is 0.238. The van der Waals surface area contributed by atoms with E-state index in [0.717, 1.165) is 0 Å². The van der Waals surface area contributed by atoms with Gasteiger partial charge in [0, 0.05) is 33.8 Å². The molecule has 1 unspecified atom stereocenters. The Bertz CT molecular complexity index is 1950. The van der Waals surface area contributed by atoms with Crippen molar-refractivity contribution < 1.29 is 18.0 Å². The summed E-state index contributed by atoms with van der Waals surface area (Å²) in [5.74, 6) is -0.588. The minimum absolute atomic E-state index is 0.0169. The van der Waals surface area contributed by atoms with Crippen LogP contribution in [-0.4, -0.2) is 35.7 Å². The molecule has 0 radical (unpaired) electrons. The third-order valence-corrected chi connectivity index (χ3v) is 7.40. The lowest BCUT2D eigenvalue weighted by molar-refractivity contribution is -0.119. The van der Waals surface area contributed by atoms with Gasteiger partial charge in [-0.25, -0.2) is 14.2 Å². The number of nitrogens with one attached hydrogen (secondary N) is 1. The Kier molecular flexibility index (Phi) is 7.63. The van der Waals surface area contributed by atoms with Crippen molar-refractivity contribution in [1.82, 2.24) is 29.8 Å². The SMILES string of the molecule is CC1CC/C=C(/c2ccc(-c3cc(Cl)ccc3-n3cc(Cl)nn3)oc2=O)c2cc(ccn2)-c2c(cnn2C(F)F)NC1=O. The fourth-order valence-electron chi connectivity index (χ4n) is 4.86. The largest absolute Gasteiger partial charge is 0.422 e. The summed E-state index contributed by atoms with van der Waals surface area (Å²) in [5, 5.41) is 14.9. The van der Waals surface area contributed by atoms with Gasteiger partial charge in [-0.3, -0.25) is 9.78 Å². The highest BCUT2D eigenvalue weighted by Crippen LogP contribution is 2.35. The average molecular weight is 624 g/mol. The number of nitrogens with zero attached hydrogens (tertiary/aromatic N) is 6. The first-order chi connectivity index (χ1) is 20.7. The van der Waals surface area contributed by atoms with Crippen molar-refractivity contribution in [3.8, 4) is 28.3 Å². The van der Waals surface area contributed by atoms with Gasteiger partial charge >= 0.3 is 12.2 Å². The van der Waals surface area contributed by atoms with E-state index < -0.39 is 18.1 Å². The van der Waals surface area contributed by atoms with E-state index in [2.05, 4.69) is 25.7 Å². The van der Waals surface area contributed by atoms with Crippen LogP contribution >= 0.6 is 23.2 Å². The van der Waals surface area contributed by atoms with Gasteiger partial charge in [-0.15, -0.1) is 5.10 Å². The van der Waals surface area contributed by atoms with Crippen molar-refractivity contribution in [3.05, 3.63) is 99.0 Å². The molecule has 1 N–H and O–H groups in total. The number of pyridine rings is 1. The van der Waals surface area contributed by atoms with Crippen LogP contribution in [0.3, 0.4) is 0 Å². The number of rotatable bonds is 4. The Hall–Kier alpha value is -4.68. The lowest BCUT2D eigenvalue weighted by Gasteiger charge is -2.16. The smallest absolute Gasteiger partial charge is 0.344 e. The van der Waals surface area contributed by atoms with E-state index in [1.54, 1.807) is 49.4 Å². The molecule has 1 aromatic carbocycles. The predicted octanol–water partition coefficient (Wildman–Crippen LogP) is 6.65. The highest BCUT2D eigenvalue weighted by molar-refractivity contribution is 6.31. The zero-order chi connectivity index (χ0) is 30.2. The number of anilines is 1. The fourth-order valence-corrected chi connectivity index (χ4v) is 5.16. The van der Waals surface area contributed by atoms with E-state index in [1.807, 2.05) is 0 Å². The van der Waals surface area contributed by atoms with Crippen LogP contribution < -0.4 is 10.9 Å². The van der Waals surface area contributed by atoms with Crippen LogP contribution in [0.1, 0.15) is 37.6 Å². The molecular formula is C29H21Cl2F2N7O3. The number of benzene rings is 1. The number of hydrogen-bond acceptors (Lipinski definition) is 7. The van der Waals surface area contributed by atoms with E-state index in [9.17, 15) is 18.4 Å². The number of carbonyl (C=O) groups excluding carboxylic acids is 1. The molecule has 1 atom stereocenters. The van der Waals surface area contributed by atoms with E-state index in [-0.39, 0.29) is 33.8 Å². The van der Waals surface area contributed by atoms with Gasteiger partial charge in [-0.05, 0) is 55.3 Å². The summed E-state index contributed by atoms with van der Waals surface area (Å²) in [6.45, 7) is -1.22. The van der Waals surface area contributed by atoms with Gasteiger partial charge in [0.2, 0.25) is 5.91 Å². The van der Waals surface area contributed by atoms with Gasteiger partial charge in [-0.1, -0.05) is 41.4 Å². The first-order valence-corrected chi connectivity index (χ1v) is 13.8. The van der Waals surface area contributed by atoms with E-state index in [1.165, 1.54) is 29.3 Å². The highest BCUT2D eigenvalue weighted by Gasteiger charge is 2.24. The van der Waals surface area contributed by atoms with E-state index >= 15 is 0 Å². The van der Waals surface area contributed by atoms with Crippen LogP contribution in [0.25, 0.3) is 33.8 Å². The number of aromatic nitrogens is 6. The second kappa shape index (κ2) is 11.5. The number of alkyl halides is 2. The van der Waals surface area contributed by atoms with Crippen LogP contribution in [0, 0.1) is 5.92 Å². The molecule has 14 heteroatoms. The molecule has 218 valence electrons. The Balaban J connectivity index is 1.47. The monoisotopic (exact) mass is 623 g/mol. The van der Waals surface area contributed by atoms with Crippen molar-refractivity contribution in [3.63, 3.8) is 0 Å². The number of fused-ring (bicyclic) bond motifs is 4. The molecule has 2 bridgehead atoms. The van der Waals surface area contributed by atoms with Gasteiger partial charge in [0.25, 0.3) is 0 Å². The molecule has 4 aromatic heterocycles.